The van der Waals surface area contributed by atoms with Crippen molar-refractivity contribution in [2.45, 2.75) is 157 Å². The number of phenolic OH excluding ortho intramolecular Hbond substituents is 2. The first kappa shape index (κ1) is 79.1. The summed E-state index contributed by atoms with van der Waals surface area (Å²) in [7, 11) is 0. The van der Waals surface area contributed by atoms with Crippen LogP contribution in [-0.2, 0) is 0 Å². The van der Waals surface area contributed by atoms with E-state index in [1.165, 1.54) is 181 Å². The van der Waals surface area contributed by atoms with Gasteiger partial charge in [-0.3, -0.25) is 0 Å². The number of benzene rings is 14. The van der Waals surface area contributed by atoms with Crippen LogP contribution in [0.15, 0.2) is 395 Å². The number of hydrogen-bond acceptors (Lipinski definition) is 2. The molecule has 0 bridgehead atoms. The summed E-state index contributed by atoms with van der Waals surface area (Å²) in [4.78, 5) is 0. The molecule has 6 atom stereocenters. The van der Waals surface area contributed by atoms with Crippen molar-refractivity contribution in [1.29, 1.82) is 0 Å². The summed E-state index contributed by atoms with van der Waals surface area (Å²) in [6.45, 7) is 27.0. The van der Waals surface area contributed by atoms with Gasteiger partial charge in [-0.05, 0) is 230 Å². The molecular weight excluding hydrogens is 1400 g/mol. The van der Waals surface area contributed by atoms with Crippen LogP contribution < -0.4 is 0 Å². The lowest BCUT2D eigenvalue weighted by Crippen LogP contribution is -2.00. The molecule has 0 saturated heterocycles. The van der Waals surface area contributed by atoms with Gasteiger partial charge in [0.25, 0.3) is 0 Å². The van der Waals surface area contributed by atoms with Crippen molar-refractivity contribution >= 4 is 86.2 Å². The zero-order valence-corrected chi connectivity index (χ0v) is 69.8. The van der Waals surface area contributed by atoms with Crippen molar-refractivity contribution in [2.75, 3.05) is 0 Å². The number of rotatable bonds is 12. The van der Waals surface area contributed by atoms with Gasteiger partial charge in [-0.2, -0.15) is 0 Å². The van der Waals surface area contributed by atoms with Gasteiger partial charge in [0.2, 0.25) is 0 Å². The van der Waals surface area contributed by atoms with E-state index in [0.29, 0.717) is 47.0 Å². The van der Waals surface area contributed by atoms with Crippen LogP contribution in [0.25, 0.3) is 86.2 Å². The highest BCUT2D eigenvalue weighted by Gasteiger charge is 2.24. The minimum atomic E-state index is 0.326. The molecule has 14 aromatic rings. The third kappa shape index (κ3) is 17.6. The molecule has 14 aromatic carbocycles. The summed E-state index contributed by atoms with van der Waals surface area (Å²) in [5.41, 5.74) is 26.2. The Labute approximate surface area is 688 Å². The van der Waals surface area contributed by atoms with Crippen LogP contribution >= 0.6 is 0 Å². The summed E-state index contributed by atoms with van der Waals surface area (Å²) in [5, 5.41) is 40.2. The lowest BCUT2D eigenvalue weighted by atomic mass is 9.84. The van der Waals surface area contributed by atoms with Crippen LogP contribution in [0.1, 0.15) is 190 Å². The minimum absolute atomic E-state index is 0.326. The highest BCUT2D eigenvalue weighted by Crippen LogP contribution is 2.45. The molecule has 0 aliphatic heterocycles. The third-order valence-corrected chi connectivity index (χ3v) is 25.3. The number of phenols is 2. The second-order valence-corrected chi connectivity index (χ2v) is 33.7. The Bertz CT molecular complexity index is 6250. The molecule has 0 fully saturated rings. The van der Waals surface area contributed by atoms with E-state index in [-0.39, 0.29) is 0 Å². The van der Waals surface area contributed by atoms with Crippen LogP contribution in [-0.4, -0.2) is 10.2 Å². The summed E-state index contributed by atoms with van der Waals surface area (Å²) < 4.78 is 0. The van der Waals surface area contributed by atoms with E-state index in [1.807, 2.05) is 24.3 Å². The topological polar surface area (TPSA) is 40.5 Å². The lowest BCUT2D eigenvalue weighted by molar-refractivity contribution is 0.474. The summed E-state index contributed by atoms with van der Waals surface area (Å²) in [6, 6.07) is 90.3. The molecular formula is C114H110O2. The standard InChI is InChI=1S/C24H20.C22H20.C18H18O.2C18H18.C14H16O/c1-15-6-7-20(14-15)16(2)21-12-10-19-9-8-17-4-3-5-18-11-13-22(21)24(19)23(17)18;1-15-11-12-17(13-15)16(2)22-20-9-5-3-7-18(20)14-19-8-4-6-10-21(19)22;1-12-3-4-14(9-12)13(2)15-5-6-17-11-18(19)8-7-16(17)10-15;2*1-13-10-11-16(12-13)14(2)17-9-5-7-15-6-3-4-8-18(15)17;1-10-3-4-13(9-10)11(2)12-5-7-14(15)8-6-12/h3-13,16H,14H2,1-2H3;3-12,14,16H,13H2,1-2H3;3-8,10-11,13,19H,9H2,1-2H3;2*3-11,14H,12H2,1-2H3;3-8,11,15H,9H2,1-2H3. The van der Waals surface area contributed by atoms with Gasteiger partial charge in [-0.25, -0.2) is 0 Å². The van der Waals surface area contributed by atoms with E-state index in [9.17, 15) is 10.2 Å². The van der Waals surface area contributed by atoms with E-state index in [1.54, 1.807) is 18.2 Å². The minimum Gasteiger partial charge on any atom is -0.508 e. The van der Waals surface area contributed by atoms with Crippen LogP contribution in [0.3, 0.4) is 0 Å². The van der Waals surface area contributed by atoms with Crippen molar-refractivity contribution in [1.82, 2.24) is 0 Å². The van der Waals surface area contributed by atoms with Crippen LogP contribution in [0, 0.1) is 0 Å². The average molecular weight is 1510 g/mol. The Kier molecular flexibility index (Phi) is 24.1. The number of fused-ring (bicyclic) bond motifs is 5. The number of aromatic hydroxyl groups is 2. The fourth-order valence-corrected chi connectivity index (χ4v) is 18.3. The SMILES string of the molecule is CC1=CC=C(C(C)c2c3ccccc3cc3ccccc23)C1.CC1=CC=C(C(C)c2ccc(O)cc2)C1.CC1=CC=C(C(C)c2ccc3cc(O)ccc3c2)C1.CC1=CC=C(C(C)c2ccc3ccc4cccc5ccc2c3c45)C1.CC1=CC=C(C(C)c2cccc3ccccc23)C1.CC1=CC=C(C(C)c2cccc3ccccc23)C1. The van der Waals surface area contributed by atoms with Crippen LogP contribution in [0.2, 0.25) is 0 Å². The maximum absolute atomic E-state index is 9.49. The van der Waals surface area contributed by atoms with E-state index in [0.717, 1.165) is 43.9 Å². The maximum atomic E-state index is 9.49. The normalized spacial score (nSPS) is 16.4. The highest BCUT2D eigenvalue weighted by atomic mass is 16.3. The molecule has 0 aromatic heterocycles. The molecule has 0 spiro atoms. The zero-order chi connectivity index (χ0) is 80.7. The van der Waals surface area contributed by atoms with Crippen LogP contribution in [0.5, 0.6) is 11.5 Å². The van der Waals surface area contributed by atoms with Gasteiger partial charge in [0.1, 0.15) is 11.5 Å². The molecule has 0 amide bonds. The first-order valence-corrected chi connectivity index (χ1v) is 42.0. The smallest absolute Gasteiger partial charge is 0.116 e. The van der Waals surface area contributed by atoms with Gasteiger partial charge >= 0.3 is 0 Å². The van der Waals surface area contributed by atoms with Gasteiger partial charge in [0.15, 0.2) is 0 Å². The molecule has 2 N–H and O–H groups in total. The molecule has 6 aliphatic carbocycles. The fraction of sp³-hybridized carbons (Fsp3) is 0.211. The van der Waals surface area contributed by atoms with Crippen molar-refractivity contribution in [3.8, 4) is 11.5 Å². The predicted molar refractivity (Wildman–Crippen MR) is 502 cm³/mol. The highest BCUT2D eigenvalue weighted by molar-refractivity contribution is 6.23. The van der Waals surface area contributed by atoms with E-state index in [4.69, 9.17) is 0 Å². The lowest BCUT2D eigenvalue weighted by Gasteiger charge is -2.19. The second kappa shape index (κ2) is 35.3. The van der Waals surface area contributed by atoms with Crippen molar-refractivity contribution in [2.24, 2.45) is 0 Å². The largest absolute Gasteiger partial charge is 0.508 e. The van der Waals surface area contributed by atoms with Gasteiger partial charge in [0.05, 0.1) is 0 Å². The third-order valence-electron chi connectivity index (χ3n) is 25.3. The molecule has 0 radical (unpaired) electrons. The fourth-order valence-electron chi connectivity index (χ4n) is 18.3. The molecule has 578 valence electrons. The Morgan fingerprint density at radius 2 is 0.517 bits per heavy atom. The molecule has 20 rings (SSSR count). The van der Waals surface area contributed by atoms with Crippen LogP contribution in [0.4, 0.5) is 0 Å². The first-order valence-electron chi connectivity index (χ1n) is 42.0. The second-order valence-electron chi connectivity index (χ2n) is 33.7. The first-order chi connectivity index (χ1) is 56.3. The Morgan fingerprint density at radius 1 is 0.207 bits per heavy atom. The molecule has 0 saturated carbocycles. The number of allylic oxidation sites excluding steroid dienone is 24. The molecule has 2 heteroatoms. The van der Waals surface area contributed by atoms with Crippen molar-refractivity contribution in [3.63, 3.8) is 0 Å². The Balaban J connectivity index is 0.000000110. The van der Waals surface area contributed by atoms with E-state index >= 15 is 0 Å². The maximum Gasteiger partial charge on any atom is 0.116 e. The number of hydrogen-bond donors (Lipinski definition) is 2. The van der Waals surface area contributed by atoms with Gasteiger partial charge < -0.3 is 10.2 Å². The van der Waals surface area contributed by atoms with Gasteiger partial charge in [-0.15, -0.1) is 0 Å². The molecule has 116 heavy (non-hydrogen) atoms. The molecule has 6 unspecified atom stereocenters. The summed E-state index contributed by atoms with van der Waals surface area (Å²) in [6.07, 6.45) is 33.8. The van der Waals surface area contributed by atoms with E-state index < -0.39 is 0 Å². The van der Waals surface area contributed by atoms with Gasteiger partial charge in [0, 0.05) is 35.5 Å². The Morgan fingerprint density at radius 3 is 0.966 bits per heavy atom. The molecule has 2 nitrogen and oxygen atoms in total. The monoisotopic (exact) mass is 1510 g/mol. The zero-order valence-electron chi connectivity index (χ0n) is 69.8. The van der Waals surface area contributed by atoms with Crippen molar-refractivity contribution < 1.29 is 10.2 Å². The Hall–Kier alpha value is -12.1. The molecule has 0 heterocycles. The average Bonchev–Trinajstić information content (AvgIpc) is 1.02. The van der Waals surface area contributed by atoms with E-state index in [2.05, 4.69) is 368 Å². The van der Waals surface area contributed by atoms with Gasteiger partial charge in [-0.1, -0.05) is 406 Å². The predicted octanol–water partition coefficient (Wildman–Crippen LogP) is 32.5. The quantitative estimate of drug-likeness (QED) is 0.0945. The summed E-state index contributed by atoms with van der Waals surface area (Å²) >= 11 is 0. The molecule has 6 aliphatic rings. The summed E-state index contributed by atoms with van der Waals surface area (Å²) in [5.74, 6) is 3.47. The van der Waals surface area contributed by atoms with Crippen molar-refractivity contribution in [3.05, 3.63) is 428 Å².